The van der Waals surface area contributed by atoms with E-state index in [1.54, 1.807) is 0 Å². The largest absolute Gasteiger partial charge is 0.363 e. The van der Waals surface area contributed by atoms with Crippen molar-refractivity contribution in [2.45, 2.75) is 37.0 Å². The van der Waals surface area contributed by atoms with Crippen molar-refractivity contribution in [2.24, 2.45) is 0 Å². The number of hydrogen-bond donors (Lipinski definition) is 2. The third-order valence-corrected chi connectivity index (χ3v) is 8.29. The standard InChI is InChI=1S/C24H25ClF2N3O8PS/c1-14(31)19-12-29(21-9-17(6-7-18(19)21)37-38-39(2,33)34)13-23(32)30-11-15(26)8-16(30)10-28-40(35,36)22-5-3-4-20(25)24(22)27/h3-7,9,12,15-16,28H,8,10-11,13H2,1-2H3,(H,33,34)/t15-,16+/m1/s1. The maximum absolute atomic E-state index is 14.4. The molecule has 0 spiro atoms. The lowest BCUT2D eigenvalue weighted by atomic mass is 10.1. The Morgan fingerprint density at radius 3 is 2.67 bits per heavy atom. The maximum Gasteiger partial charge on any atom is 0.363 e. The fraction of sp³-hybridized carbons (Fsp3) is 0.333. The Hall–Kier alpha value is -2.87. The van der Waals surface area contributed by atoms with Crippen LogP contribution in [0.2, 0.25) is 5.02 Å². The van der Waals surface area contributed by atoms with Crippen LogP contribution in [0.4, 0.5) is 8.78 Å². The molecule has 11 nitrogen and oxygen atoms in total. The second-order valence-electron chi connectivity index (χ2n) is 9.30. The number of nitrogens with zero attached hydrogens (tertiary/aromatic N) is 2. The molecule has 16 heteroatoms. The number of rotatable bonds is 10. The van der Waals surface area contributed by atoms with Gasteiger partial charge >= 0.3 is 7.60 Å². The number of fused-ring (bicyclic) bond motifs is 1. The number of likely N-dealkylation sites (tertiary alicyclic amines) is 1. The van der Waals surface area contributed by atoms with Crippen molar-refractivity contribution in [2.75, 3.05) is 19.8 Å². The van der Waals surface area contributed by atoms with Crippen LogP contribution in [0.3, 0.4) is 0 Å². The van der Waals surface area contributed by atoms with Gasteiger partial charge in [-0.25, -0.2) is 21.9 Å². The number of halogens is 3. The summed E-state index contributed by atoms with van der Waals surface area (Å²) in [6.45, 7) is 1.25. The molecule has 0 aliphatic carbocycles. The lowest BCUT2D eigenvalue weighted by Crippen LogP contribution is -2.44. The molecule has 1 aromatic heterocycles. The van der Waals surface area contributed by atoms with Crippen molar-refractivity contribution in [1.82, 2.24) is 14.2 Å². The highest BCUT2D eigenvalue weighted by Gasteiger charge is 2.36. The van der Waals surface area contributed by atoms with E-state index in [9.17, 15) is 36.2 Å². The molecule has 1 fully saturated rings. The van der Waals surface area contributed by atoms with Gasteiger partial charge in [-0.2, -0.15) is 0 Å². The van der Waals surface area contributed by atoms with Crippen molar-refractivity contribution in [1.29, 1.82) is 0 Å². The normalized spacial score (nSPS) is 19.1. The summed E-state index contributed by atoms with van der Waals surface area (Å²) in [5.74, 6) is -1.97. The van der Waals surface area contributed by atoms with Crippen LogP contribution in [0.25, 0.3) is 10.9 Å². The van der Waals surface area contributed by atoms with Crippen LogP contribution >= 0.6 is 19.2 Å². The van der Waals surface area contributed by atoms with Gasteiger partial charge in [0.25, 0.3) is 0 Å². The van der Waals surface area contributed by atoms with E-state index in [1.165, 1.54) is 52.9 Å². The zero-order chi connectivity index (χ0) is 29.4. The van der Waals surface area contributed by atoms with E-state index in [0.717, 1.165) is 12.7 Å². The lowest BCUT2D eigenvalue weighted by Gasteiger charge is -2.25. The Bertz CT molecular complexity index is 1630. The van der Waals surface area contributed by atoms with Gasteiger partial charge in [0, 0.05) is 48.9 Å². The summed E-state index contributed by atoms with van der Waals surface area (Å²) in [6, 6.07) is 6.96. The molecule has 3 aromatic rings. The number of hydrogen-bond acceptors (Lipinski definition) is 7. The Morgan fingerprint density at radius 1 is 1.27 bits per heavy atom. The van der Waals surface area contributed by atoms with Crippen LogP contribution < -0.4 is 9.61 Å². The molecule has 0 bridgehead atoms. The number of amides is 1. The third kappa shape index (κ3) is 6.70. The smallest absolute Gasteiger partial charge is 0.337 e. The van der Waals surface area contributed by atoms with Gasteiger partial charge in [0.2, 0.25) is 15.9 Å². The van der Waals surface area contributed by atoms with Gasteiger partial charge in [-0.05, 0) is 31.2 Å². The molecule has 1 aliphatic rings. The van der Waals surface area contributed by atoms with Crippen molar-refractivity contribution >= 4 is 51.8 Å². The first-order valence-corrected chi connectivity index (χ1v) is 15.7. The Labute approximate surface area is 233 Å². The van der Waals surface area contributed by atoms with Gasteiger partial charge in [-0.3, -0.25) is 14.2 Å². The second kappa shape index (κ2) is 11.6. The summed E-state index contributed by atoms with van der Waals surface area (Å²) in [7, 11) is -8.32. The highest BCUT2D eigenvalue weighted by atomic mass is 35.5. The van der Waals surface area contributed by atoms with Crippen LogP contribution in [-0.2, 0) is 30.6 Å². The molecule has 0 radical (unpaired) electrons. The second-order valence-corrected chi connectivity index (χ2v) is 13.2. The zero-order valence-electron chi connectivity index (χ0n) is 21.2. The fourth-order valence-electron chi connectivity index (χ4n) is 4.42. The minimum Gasteiger partial charge on any atom is -0.337 e. The summed E-state index contributed by atoms with van der Waals surface area (Å²) >= 11 is 5.69. The van der Waals surface area contributed by atoms with E-state index in [2.05, 4.69) is 9.40 Å². The first kappa shape index (κ1) is 30.1. The molecule has 216 valence electrons. The molecule has 1 saturated heterocycles. The van der Waals surface area contributed by atoms with Crippen LogP contribution in [0.5, 0.6) is 5.75 Å². The zero-order valence-corrected chi connectivity index (χ0v) is 23.7. The quantitative estimate of drug-likeness (QED) is 0.151. The van der Waals surface area contributed by atoms with Crippen LogP contribution in [0.15, 0.2) is 47.5 Å². The fourth-order valence-corrected chi connectivity index (χ4v) is 6.04. The molecule has 0 saturated carbocycles. The number of Topliss-reactive ketones (excluding diaryl/α,β-unsaturated/α-hetero) is 1. The van der Waals surface area contributed by atoms with E-state index in [0.29, 0.717) is 10.9 Å². The third-order valence-electron chi connectivity index (χ3n) is 6.21. The van der Waals surface area contributed by atoms with E-state index in [4.69, 9.17) is 16.5 Å². The molecule has 1 amide bonds. The molecule has 2 N–H and O–H groups in total. The van der Waals surface area contributed by atoms with Gasteiger partial charge in [0.15, 0.2) is 17.3 Å². The lowest BCUT2D eigenvalue weighted by molar-refractivity contribution is -0.132. The number of carbonyl (C=O) groups excluding carboxylic acids is 2. The predicted molar refractivity (Wildman–Crippen MR) is 141 cm³/mol. The SMILES string of the molecule is CC(=O)c1cn(CC(=O)N2C[C@H](F)C[C@H]2CNS(=O)(=O)c2cccc(Cl)c2F)c2cc(OOP(C)(=O)O)ccc12. The molecule has 3 atom stereocenters. The summed E-state index contributed by atoms with van der Waals surface area (Å²) in [5, 5.41) is 0.0856. The molecule has 1 aliphatic heterocycles. The van der Waals surface area contributed by atoms with E-state index < -0.39 is 46.5 Å². The summed E-state index contributed by atoms with van der Waals surface area (Å²) in [6.07, 6.45) is -0.129. The summed E-state index contributed by atoms with van der Waals surface area (Å²) in [5.41, 5.74) is 0.643. The van der Waals surface area contributed by atoms with Crippen LogP contribution in [0.1, 0.15) is 23.7 Å². The summed E-state index contributed by atoms with van der Waals surface area (Å²) in [4.78, 5) is 40.2. The molecule has 2 aromatic carbocycles. The van der Waals surface area contributed by atoms with Crippen molar-refractivity contribution < 1.29 is 45.8 Å². The molecular weight excluding hydrogens is 595 g/mol. The van der Waals surface area contributed by atoms with Gasteiger partial charge in [-0.1, -0.05) is 17.7 Å². The Balaban J connectivity index is 1.55. The number of sulfonamides is 1. The number of carbonyl (C=O) groups is 2. The number of ketones is 1. The molecule has 40 heavy (non-hydrogen) atoms. The highest BCUT2D eigenvalue weighted by molar-refractivity contribution is 7.89. The first-order chi connectivity index (χ1) is 18.7. The topological polar surface area (TPSA) is 144 Å². The van der Waals surface area contributed by atoms with Crippen molar-refractivity contribution in [3.8, 4) is 5.75 Å². The van der Waals surface area contributed by atoms with E-state index in [1.807, 2.05) is 0 Å². The molecular formula is C24H25ClF2N3O8PS. The van der Waals surface area contributed by atoms with Crippen LogP contribution in [0, 0.1) is 5.82 Å². The minimum absolute atomic E-state index is 0.0241. The Kier molecular flexibility index (Phi) is 8.69. The number of alkyl halides is 1. The average Bonchev–Trinajstić information content (AvgIpc) is 3.42. The van der Waals surface area contributed by atoms with Gasteiger partial charge in [0.05, 0.1) is 17.1 Å². The number of benzene rings is 2. The van der Waals surface area contributed by atoms with Crippen LogP contribution in [-0.4, -0.2) is 66.4 Å². The highest BCUT2D eigenvalue weighted by Crippen LogP contribution is 2.38. The molecule has 4 rings (SSSR count). The molecule has 1 unspecified atom stereocenters. The van der Waals surface area contributed by atoms with Crippen molar-refractivity contribution in [3.63, 3.8) is 0 Å². The average molecular weight is 620 g/mol. The van der Waals surface area contributed by atoms with Gasteiger partial charge < -0.3 is 19.2 Å². The summed E-state index contributed by atoms with van der Waals surface area (Å²) < 4.78 is 73.6. The van der Waals surface area contributed by atoms with Gasteiger partial charge in [-0.15, -0.1) is 4.67 Å². The minimum atomic E-state index is -4.36. The van der Waals surface area contributed by atoms with Gasteiger partial charge in [0.1, 0.15) is 17.6 Å². The predicted octanol–water partition coefficient (Wildman–Crippen LogP) is 3.68. The number of aromatic nitrogens is 1. The molecule has 2 heterocycles. The maximum atomic E-state index is 14.4. The van der Waals surface area contributed by atoms with E-state index in [-0.39, 0.29) is 48.2 Å². The Morgan fingerprint density at radius 2 is 2.00 bits per heavy atom. The first-order valence-electron chi connectivity index (χ1n) is 11.8. The number of nitrogens with one attached hydrogen (secondary N) is 1. The van der Waals surface area contributed by atoms with E-state index >= 15 is 0 Å². The van der Waals surface area contributed by atoms with Crippen molar-refractivity contribution in [3.05, 3.63) is 59.0 Å². The monoisotopic (exact) mass is 619 g/mol.